The summed E-state index contributed by atoms with van der Waals surface area (Å²) in [6.07, 6.45) is 0. The van der Waals surface area contributed by atoms with Gasteiger partial charge in [0, 0.05) is 27.8 Å². The molecule has 1 aliphatic carbocycles. The summed E-state index contributed by atoms with van der Waals surface area (Å²) < 4.78 is 6.59. The van der Waals surface area contributed by atoms with Crippen molar-refractivity contribution in [2.75, 3.05) is 0 Å². The lowest BCUT2D eigenvalue weighted by Crippen LogP contribution is -2.32. The second-order valence-corrected chi connectivity index (χ2v) is 14.6. The summed E-state index contributed by atoms with van der Waals surface area (Å²) in [5.74, 6) is 3.63. The van der Waals surface area contributed by atoms with E-state index in [1.807, 2.05) is 30.3 Å². The molecule has 0 unspecified atom stereocenters. The van der Waals surface area contributed by atoms with Crippen LogP contribution in [-0.4, -0.2) is 15.0 Å². The molecule has 0 radical (unpaired) electrons. The van der Waals surface area contributed by atoms with Crippen molar-refractivity contribution >= 4 is 32.3 Å². The monoisotopic (exact) mass is 713 g/mol. The molecule has 0 fully saturated rings. The number of fused-ring (bicyclic) bond motifs is 15. The highest BCUT2D eigenvalue weighted by molar-refractivity contribution is 6.25. The lowest BCUT2D eigenvalue weighted by atomic mass is 9.66. The smallest absolute Gasteiger partial charge is 0.164 e. The first-order chi connectivity index (χ1) is 27.8. The van der Waals surface area contributed by atoms with Gasteiger partial charge in [-0.1, -0.05) is 170 Å². The van der Waals surface area contributed by atoms with Crippen molar-refractivity contribution in [3.63, 3.8) is 0 Å². The molecular formula is C52H31N3O. The Kier molecular flexibility index (Phi) is 6.52. The molecule has 56 heavy (non-hydrogen) atoms. The normalized spacial score (nSPS) is 13.3. The van der Waals surface area contributed by atoms with Gasteiger partial charge in [0.15, 0.2) is 17.5 Å². The Balaban J connectivity index is 1.14. The van der Waals surface area contributed by atoms with E-state index in [4.69, 9.17) is 19.7 Å². The van der Waals surface area contributed by atoms with Crippen LogP contribution in [0.5, 0.6) is 11.5 Å². The zero-order chi connectivity index (χ0) is 36.8. The van der Waals surface area contributed by atoms with Crippen LogP contribution < -0.4 is 4.74 Å². The summed E-state index contributed by atoms with van der Waals surface area (Å²) in [6, 6.07) is 66.5. The fraction of sp³-hybridized carbons (Fsp3) is 0.0192. The summed E-state index contributed by atoms with van der Waals surface area (Å²) in [7, 11) is 0. The second kappa shape index (κ2) is 11.8. The van der Waals surface area contributed by atoms with Crippen LogP contribution in [-0.2, 0) is 5.41 Å². The standard InChI is InChI=1S/C52H31N3O/c1-2-15-32(16-3-1)49-53-50(33-29-30-38-36-19-5-4-17-34(36)35-18-6-7-20-37(35)41(38)31-33)55-51(54-49)40-22-14-26-45-48(40)39-21-8-9-23-42(39)52(45)43-24-10-12-27-46(43)56-47-28-13-11-25-44(47)52/h1-31H. The molecule has 10 aromatic rings. The van der Waals surface area contributed by atoms with Crippen LogP contribution >= 0.6 is 0 Å². The van der Waals surface area contributed by atoms with E-state index in [-0.39, 0.29) is 0 Å². The first kappa shape index (κ1) is 31.0. The van der Waals surface area contributed by atoms with Crippen molar-refractivity contribution in [2.24, 2.45) is 0 Å². The van der Waals surface area contributed by atoms with Crippen LogP contribution in [0.25, 0.3) is 77.6 Å². The number of hydrogen-bond acceptors (Lipinski definition) is 4. The number of aromatic nitrogens is 3. The first-order valence-electron chi connectivity index (χ1n) is 19.0. The van der Waals surface area contributed by atoms with Gasteiger partial charge in [-0.05, 0) is 72.8 Å². The quantitative estimate of drug-likeness (QED) is 0.171. The minimum absolute atomic E-state index is 0.590. The van der Waals surface area contributed by atoms with Crippen molar-refractivity contribution in [3.8, 4) is 56.8 Å². The highest BCUT2D eigenvalue weighted by Crippen LogP contribution is 2.63. The predicted molar refractivity (Wildman–Crippen MR) is 226 cm³/mol. The van der Waals surface area contributed by atoms with Gasteiger partial charge in [-0.2, -0.15) is 0 Å². The molecule has 0 bridgehead atoms. The fourth-order valence-corrected chi connectivity index (χ4v) is 9.48. The highest BCUT2D eigenvalue weighted by Gasteiger charge is 2.51. The molecule has 12 rings (SSSR count). The van der Waals surface area contributed by atoms with Crippen LogP contribution in [0.2, 0.25) is 0 Å². The van der Waals surface area contributed by atoms with E-state index in [9.17, 15) is 0 Å². The maximum Gasteiger partial charge on any atom is 0.164 e. The van der Waals surface area contributed by atoms with Gasteiger partial charge in [-0.3, -0.25) is 0 Å². The Morgan fingerprint density at radius 3 is 1.48 bits per heavy atom. The maximum atomic E-state index is 6.59. The Morgan fingerprint density at radius 1 is 0.321 bits per heavy atom. The van der Waals surface area contributed by atoms with Crippen molar-refractivity contribution in [1.29, 1.82) is 0 Å². The van der Waals surface area contributed by atoms with E-state index < -0.39 is 5.41 Å². The molecule has 2 aliphatic rings. The summed E-state index contributed by atoms with van der Waals surface area (Å²) >= 11 is 0. The lowest BCUT2D eigenvalue weighted by Gasteiger charge is -2.39. The van der Waals surface area contributed by atoms with Gasteiger partial charge in [0.2, 0.25) is 0 Å². The summed E-state index contributed by atoms with van der Waals surface area (Å²) in [6.45, 7) is 0. The number of para-hydroxylation sites is 2. The molecule has 9 aromatic carbocycles. The average Bonchev–Trinajstić information content (AvgIpc) is 3.57. The van der Waals surface area contributed by atoms with Gasteiger partial charge in [0.25, 0.3) is 0 Å². The molecule has 2 heterocycles. The third-order valence-corrected chi connectivity index (χ3v) is 11.8. The molecule has 0 atom stereocenters. The van der Waals surface area contributed by atoms with Crippen LogP contribution in [0.1, 0.15) is 22.3 Å². The third kappa shape index (κ3) is 4.27. The van der Waals surface area contributed by atoms with E-state index in [2.05, 4.69) is 158 Å². The number of hydrogen-bond donors (Lipinski definition) is 0. The molecule has 1 spiro atoms. The Morgan fingerprint density at radius 2 is 0.804 bits per heavy atom. The van der Waals surface area contributed by atoms with Crippen molar-refractivity contribution in [1.82, 2.24) is 15.0 Å². The van der Waals surface area contributed by atoms with Gasteiger partial charge in [0.05, 0.1) is 5.41 Å². The number of ether oxygens (including phenoxy) is 1. The van der Waals surface area contributed by atoms with Gasteiger partial charge >= 0.3 is 0 Å². The second-order valence-electron chi connectivity index (χ2n) is 14.6. The molecule has 1 aliphatic heterocycles. The minimum atomic E-state index is -0.590. The topological polar surface area (TPSA) is 47.9 Å². The van der Waals surface area contributed by atoms with Gasteiger partial charge < -0.3 is 4.74 Å². The Labute approximate surface area is 323 Å². The molecule has 0 saturated carbocycles. The number of rotatable bonds is 3. The van der Waals surface area contributed by atoms with Crippen molar-refractivity contribution in [2.45, 2.75) is 5.41 Å². The van der Waals surface area contributed by atoms with E-state index in [0.29, 0.717) is 17.5 Å². The molecule has 4 heteroatoms. The lowest BCUT2D eigenvalue weighted by molar-refractivity contribution is 0.436. The summed E-state index contributed by atoms with van der Waals surface area (Å²) in [5, 5.41) is 7.31. The molecule has 4 nitrogen and oxygen atoms in total. The molecule has 1 aromatic heterocycles. The van der Waals surface area contributed by atoms with E-state index in [1.54, 1.807) is 0 Å². The number of nitrogens with zero attached hydrogens (tertiary/aromatic N) is 3. The maximum absolute atomic E-state index is 6.59. The zero-order valence-corrected chi connectivity index (χ0v) is 30.1. The van der Waals surface area contributed by atoms with Gasteiger partial charge in [0.1, 0.15) is 11.5 Å². The highest BCUT2D eigenvalue weighted by atomic mass is 16.5. The van der Waals surface area contributed by atoms with Gasteiger partial charge in [-0.25, -0.2) is 15.0 Å². The van der Waals surface area contributed by atoms with E-state index >= 15 is 0 Å². The fourth-order valence-electron chi connectivity index (χ4n) is 9.48. The minimum Gasteiger partial charge on any atom is -0.457 e. The van der Waals surface area contributed by atoms with Crippen molar-refractivity contribution < 1.29 is 4.74 Å². The van der Waals surface area contributed by atoms with Crippen LogP contribution in [0.3, 0.4) is 0 Å². The van der Waals surface area contributed by atoms with Crippen LogP contribution in [0.4, 0.5) is 0 Å². The van der Waals surface area contributed by atoms with E-state index in [0.717, 1.165) is 50.4 Å². The molecule has 0 N–H and O–H groups in total. The number of benzene rings is 9. The SMILES string of the molecule is c1ccc(-c2nc(-c3ccc4c5ccccc5c5ccccc5c4c3)nc(-c3cccc4c3-c3ccccc3C43c4ccccc4Oc4ccccc43)n2)cc1. The molecular weight excluding hydrogens is 683 g/mol. The largest absolute Gasteiger partial charge is 0.457 e. The average molecular weight is 714 g/mol. The summed E-state index contributed by atoms with van der Waals surface area (Å²) in [4.78, 5) is 15.8. The molecule has 0 amide bonds. The predicted octanol–water partition coefficient (Wildman–Crippen LogP) is 12.8. The molecule has 260 valence electrons. The molecule has 0 saturated heterocycles. The zero-order valence-electron chi connectivity index (χ0n) is 30.1. The van der Waals surface area contributed by atoms with Crippen LogP contribution in [0.15, 0.2) is 188 Å². The Hall–Kier alpha value is -7.43. The van der Waals surface area contributed by atoms with Crippen molar-refractivity contribution in [3.05, 3.63) is 210 Å². The van der Waals surface area contributed by atoms with Gasteiger partial charge in [-0.15, -0.1) is 0 Å². The first-order valence-corrected chi connectivity index (χ1v) is 19.0. The van der Waals surface area contributed by atoms with Crippen LogP contribution in [0, 0.1) is 0 Å². The summed E-state index contributed by atoms with van der Waals surface area (Å²) in [5.41, 5.74) is 9.20. The Bertz CT molecular complexity index is 3160. The van der Waals surface area contributed by atoms with E-state index in [1.165, 1.54) is 43.4 Å². The third-order valence-electron chi connectivity index (χ3n) is 11.8.